The summed E-state index contributed by atoms with van der Waals surface area (Å²) in [5.74, 6) is -0.0505. The molecule has 2 amide bonds. The Bertz CT molecular complexity index is 1370. The fourth-order valence-corrected chi connectivity index (χ4v) is 9.40. The molecule has 42 heavy (non-hydrogen) atoms. The van der Waals surface area contributed by atoms with E-state index in [-0.39, 0.29) is 54.6 Å². The molecule has 5 rings (SSSR count). The normalized spacial score (nSPS) is 23.8. The van der Waals surface area contributed by atoms with E-state index in [9.17, 15) is 19.5 Å². The number of hydrogen-bond donors (Lipinski definition) is 3. The first-order valence-electron chi connectivity index (χ1n) is 14.9. The van der Waals surface area contributed by atoms with Crippen LogP contribution in [-0.2, 0) is 28.9 Å². The smallest absolute Gasteiger partial charge is 0.255 e. The number of anilines is 1. The van der Waals surface area contributed by atoms with Crippen molar-refractivity contribution in [3.8, 4) is 0 Å². The number of carbonyl (C=O) groups is 2. The number of amides is 2. The second kappa shape index (κ2) is 12.9. The summed E-state index contributed by atoms with van der Waals surface area (Å²) in [7, 11) is -2.64. The van der Waals surface area contributed by atoms with Crippen molar-refractivity contribution in [3.63, 3.8) is 0 Å². The van der Waals surface area contributed by atoms with Gasteiger partial charge in [-0.25, -0.2) is 0 Å². The van der Waals surface area contributed by atoms with Crippen LogP contribution in [0, 0.1) is 5.92 Å². The fourth-order valence-electron chi connectivity index (χ4n) is 6.80. The maximum atomic E-state index is 13.6. The molecule has 1 saturated heterocycles. The number of aliphatic hydroxyl groups is 1. The molecule has 3 aromatic rings. The number of nitrogens with one attached hydrogen (secondary N) is 1. The number of rotatable bonds is 9. The molecule has 0 unspecified atom stereocenters. The zero-order valence-corrected chi connectivity index (χ0v) is 25.7. The second-order valence-corrected chi connectivity index (χ2v) is 16.3. The zero-order valence-electron chi connectivity index (χ0n) is 24.7. The van der Waals surface area contributed by atoms with Crippen LogP contribution in [0.1, 0.15) is 46.8 Å². The lowest BCUT2D eigenvalue weighted by Gasteiger charge is -2.37. The predicted molar refractivity (Wildman–Crippen MR) is 167 cm³/mol. The van der Waals surface area contributed by atoms with Crippen molar-refractivity contribution in [2.75, 3.05) is 11.9 Å². The van der Waals surface area contributed by atoms with Gasteiger partial charge in [0.15, 0.2) is 8.32 Å². The van der Waals surface area contributed by atoms with Gasteiger partial charge < -0.3 is 24.9 Å². The SMILES string of the molecule is C[C@@H]1[C@@H]([Si](C)(C)O)[C@H](CC(=O)N2Cc3ccccc3C[C@H]2CO)O[C@@H]1CCc1ccc(NC(=O)c2ccccc2)cc1. The number of ether oxygens (including phenoxy) is 1. The Balaban J connectivity index is 1.21. The van der Waals surface area contributed by atoms with Gasteiger partial charge in [-0.2, -0.15) is 0 Å². The van der Waals surface area contributed by atoms with Crippen LogP contribution in [0.5, 0.6) is 0 Å². The van der Waals surface area contributed by atoms with Crippen molar-refractivity contribution >= 4 is 25.8 Å². The first kappa shape index (κ1) is 30.2. The van der Waals surface area contributed by atoms with E-state index in [1.54, 1.807) is 17.0 Å². The van der Waals surface area contributed by atoms with Gasteiger partial charge in [0, 0.05) is 23.3 Å². The molecule has 2 aliphatic heterocycles. The Morgan fingerprint density at radius 1 is 0.952 bits per heavy atom. The number of carbonyl (C=O) groups excluding carboxylic acids is 2. The third-order valence-electron chi connectivity index (χ3n) is 8.95. The zero-order chi connectivity index (χ0) is 29.9. The predicted octanol–water partition coefficient (Wildman–Crippen LogP) is 5.18. The highest BCUT2D eigenvalue weighted by Crippen LogP contribution is 2.46. The van der Waals surface area contributed by atoms with E-state index < -0.39 is 8.32 Å². The largest absolute Gasteiger partial charge is 0.432 e. The van der Waals surface area contributed by atoms with E-state index in [1.165, 1.54) is 5.56 Å². The van der Waals surface area contributed by atoms with Crippen molar-refractivity contribution in [3.05, 3.63) is 101 Å². The molecule has 3 N–H and O–H groups in total. The summed E-state index contributed by atoms with van der Waals surface area (Å²) >= 11 is 0. The highest BCUT2D eigenvalue weighted by atomic mass is 28.4. The quantitative estimate of drug-likeness (QED) is 0.300. The summed E-state index contributed by atoms with van der Waals surface area (Å²) in [5.41, 5.74) is 4.73. The topological polar surface area (TPSA) is 99.1 Å². The Morgan fingerprint density at radius 3 is 2.29 bits per heavy atom. The lowest BCUT2D eigenvalue weighted by Crippen LogP contribution is -2.48. The molecule has 1 fully saturated rings. The molecular weight excluding hydrogens is 544 g/mol. The van der Waals surface area contributed by atoms with Crippen LogP contribution < -0.4 is 5.32 Å². The van der Waals surface area contributed by atoms with Gasteiger partial charge in [0.1, 0.15) is 0 Å². The third-order valence-corrected chi connectivity index (χ3v) is 11.5. The van der Waals surface area contributed by atoms with Crippen LogP contribution in [0.4, 0.5) is 5.69 Å². The van der Waals surface area contributed by atoms with E-state index in [1.807, 2.05) is 73.8 Å². The number of hydrogen-bond acceptors (Lipinski definition) is 5. The average Bonchev–Trinajstić information content (AvgIpc) is 3.31. The van der Waals surface area contributed by atoms with E-state index in [0.29, 0.717) is 18.5 Å². The highest BCUT2D eigenvalue weighted by Gasteiger charge is 2.50. The van der Waals surface area contributed by atoms with Crippen molar-refractivity contribution in [2.45, 2.75) is 76.0 Å². The number of fused-ring (bicyclic) bond motifs is 1. The Labute approximate surface area is 249 Å². The summed E-state index contributed by atoms with van der Waals surface area (Å²) in [4.78, 5) is 39.1. The number of aryl methyl sites for hydroxylation is 1. The van der Waals surface area contributed by atoms with E-state index in [4.69, 9.17) is 4.74 Å². The highest BCUT2D eigenvalue weighted by molar-refractivity contribution is 6.71. The van der Waals surface area contributed by atoms with Crippen LogP contribution in [-0.4, -0.2) is 59.8 Å². The molecule has 8 heteroatoms. The molecular formula is C34H42N2O5Si. The lowest BCUT2D eigenvalue weighted by atomic mass is 9.93. The van der Waals surface area contributed by atoms with E-state index in [0.717, 1.165) is 29.7 Å². The molecule has 0 spiro atoms. The first-order valence-corrected chi connectivity index (χ1v) is 18.0. The van der Waals surface area contributed by atoms with Gasteiger partial charge in [0.2, 0.25) is 5.91 Å². The maximum absolute atomic E-state index is 13.6. The average molecular weight is 587 g/mol. The summed E-state index contributed by atoms with van der Waals surface area (Å²) in [6.45, 7) is 6.42. The van der Waals surface area contributed by atoms with Gasteiger partial charge >= 0.3 is 0 Å². The molecule has 0 radical (unpaired) electrons. The molecule has 5 atom stereocenters. The molecule has 3 aromatic carbocycles. The molecule has 0 bridgehead atoms. The molecule has 222 valence electrons. The number of nitrogens with zero attached hydrogens (tertiary/aromatic N) is 1. The minimum atomic E-state index is -2.64. The van der Waals surface area contributed by atoms with E-state index >= 15 is 0 Å². The van der Waals surface area contributed by atoms with Crippen molar-refractivity contribution < 1.29 is 24.2 Å². The molecule has 0 aliphatic carbocycles. The van der Waals surface area contributed by atoms with Gasteiger partial charge in [-0.1, -0.05) is 61.5 Å². The maximum Gasteiger partial charge on any atom is 0.255 e. The Hall–Kier alpha value is -3.30. The lowest BCUT2D eigenvalue weighted by molar-refractivity contribution is -0.138. The standard InChI is InChI=1S/C34H42N2O5Si/c1-23-30(18-15-24-13-16-28(17-14-24)35-34(39)25-9-5-4-6-10-25)41-31(33(23)42(2,3)40)20-32(38)36-21-27-12-8-7-11-26(27)19-29(36)22-37/h4-14,16-17,23,29-31,33,37,40H,15,18-22H2,1-3H3,(H,35,39)/t23-,29-,30+,31-,33+/m0/s1. The van der Waals surface area contributed by atoms with Crippen LogP contribution in [0.25, 0.3) is 0 Å². The molecule has 2 heterocycles. The summed E-state index contributed by atoms with van der Waals surface area (Å²) in [6.07, 6.45) is 1.99. The van der Waals surface area contributed by atoms with Gasteiger partial charge in [0.25, 0.3) is 5.91 Å². The summed E-state index contributed by atoms with van der Waals surface area (Å²) in [6, 6.07) is 24.8. The second-order valence-electron chi connectivity index (χ2n) is 12.3. The minimum absolute atomic E-state index is 0.0298. The van der Waals surface area contributed by atoms with Crippen LogP contribution in [0.3, 0.4) is 0 Å². The summed E-state index contributed by atoms with van der Waals surface area (Å²) < 4.78 is 6.57. The van der Waals surface area contributed by atoms with Gasteiger partial charge in [-0.05, 0) is 79.2 Å². The monoisotopic (exact) mass is 586 g/mol. The molecule has 0 saturated carbocycles. The van der Waals surface area contributed by atoms with Gasteiger partial charge in [-0.3, -0.25) is 9.59 Å². The number of benzene rings is 3. The Morgan fingerprint density at radius 2 is 1.62 bits per heavy atom. The van der Waals surface area contributed by atoms with Crippen LogP contribution >= 0.6 is 0 Å². The van der Waals surface area contributed by atoms with E-state index in [2.05, 4.69) is 18.3 Å². The first-order chi connectivity index (χ1) is 20.1. The van der Waals surface area contributed by atoms with Gasteiger partial charge in [-0.15, -0.1) is 0 Å². The molecule has 7 nitrogen and oxygen atoms in total. The minimum Gasteiger partial charge on any atom is -0.432 e. The van der Waals surface area contributed by atoms with Crippen molar-refractivity contribution in [2.24, 2.45) is 5.92 Å². The van der Waals surface area contributed by atoms with Crippen LogP contribution in [0.15, 0.2) is 78.9 Å². The molecule has 2 aliphatic rings. The Kier molecular flexibility index (Phi) is 9.28. The van der Waals surface area contributed by atoms with Crippen LogP contribution in [0.2, 0.25) is 18.6 Å². The summed E-state index contributed by atoms with van der Waals surface area (Å²) in [5, 5.41) is 13.0. The van der Waals surface area contributed by atoms with Gasteiger partial charge in [0.05, 0.1) is 31.3 Å². The van der Waals surface area contributed by atoms with Crippen molar-refractivity contribution in [1.82, 2.24) is 4.90 Å². The van der Waals surface area contributed by atoms with Crippen molar-refractivity contribution in [1.29, 1.82) is 0 Å². The molecule has 0 aromatic heterocycles. The number of aliphatic hydroxyl groups excluding tert-OH is 1. The third kappa shape index (κ3) is 6.84. The fraction of sp³-hybridized carbons (Fsp3) is 0.412.